The number of carbonyl (C=O) groups excluding carboxylic acids is 3. The molecule has 0 fully saturated rings. The highest BCUT2D eigenvalue weighted by Crippen LogP contribution is 2.20. The maximum absolute atomic E-state index is 12.5. The number of benzene rings is 1. The number of H-pyrrole nitrogens is 1. The average molecular weight is 396 g/mol. The topological polar surface area (TPSA) is 111 Å². The lowest BCUT2D eigenvalue weighted by atomic mass is 10.1. The molecule has 2 aromatic heterocycles. The molecule has 0 aliphatic carbocycles. The molecule has 0 saturated carbocycles. The third kappa shape index (κ3) is 4.43. The van der Waals surface area contributed by atoms with Crippen LogP contribution in [0.15, 0.2) is 34.8 Å². The smallest absolute Gasteiger partial charge is 0.340 e. The Balaban J connectivity index is 1.66. The molecule has 0 bridgehead atoms. The van der Waals surface area contributed by atoms with Crippen molar-refractivity contribution < 1.29 is 28.3 Å². The number of aryl methyl sites for hydroxylation is 2. The predicted molar refractivity (Wildman–Crippen MR) is 105 cm³/mol. The van der Waals surface area contributed by atoms with E-state index >= 15 is 0 Å². The molecule has 0 aliphatic heterocycles. The first kappa shape index (κ1) is 20.1. The molecule has 3 aromatic rings. The van der Waals surface area contributed by atoms with Gasteiger partial charge in [-0.1, -0.05) is 12.1 Å². The minimum Gasteiger partial charge on any atom is -0.462 e. The second-order valence-electron chi connectivity index (χ2n) is 6.23. The number of nitrogens with zero attached hydrogens (tertiary/aromatic N) is 1. The zero-order valence-corrected chi connectivity index (χ0v) is 16.3. The number of para-hydroxylation sites is 2. The number of esters is 2. The zero-order chi connectivity index (χ0) is 21.0. The maximum atomic E-state index is 12.5. The Hall–Kier alpha value is -3.68. The van der Waals surface area contributed by atoms with Crippen LogP contribution in [-0.2, 0) is 14.3 Å². The largest absolute Gasteiger partial charge is 0.462 e. The van der Waals surface area contributed by atoms with E-state index in [2.05, 4.69) is 9.97 Å². The number of rotatable bonds is 7. The summed E-state index contributed by atoms with van der Waals surface area (Å²) in [4.78, 5) is 43.8. The molecule has 8 nitrogen and oxygen atoms in total. The Morgan fingerprint density at radius 3 is 2.55 bits per heavy atom. The average Bonchev–Trinajstić information content (AvgIpc) is 3.24. The van der Waals surface area contributed by atoms with Crippen LogP contribution in [0.25, 0.3) is 17.2 Å². The number of ketones is 1. The summed E-state index contributed by atoms with van der Waals surface area (Å²) in [6, 6.07) is 7.19. The first-order valence-corrected chi connectivity index (χ1v) is 9.00. The van der Waals surface area contributed by atoms with Gasteiger partial charge in [-0.15, -0.1) is 0 Å². The number of carbonyl (C=O) groups is 3. The molecule has 0 aliphatic rings. The quantitative estimate of drug-likeness (QED) is 0.370. The number of ether oxygens (including phenoxy) is 2. The molecule has 2 heterocycles. The molecular weight excluding hydrogens is 376 g/mol. The molecule has 0 amide bonds. The molecule has 3 rings (SSSR count). The number of nitrogens with one attached hydrogen (secondary N) is 1. The van der Waals surface area contributed by atoms with E-state index in [1.54, 1.807) is 32.9 Å². The van der Waals surface area contributed by atoms with Crippen molar-refractivity contribution in [3.8, 4) is 0 Å². The number of fused-ring (bicyclic) bond motifs is 1. The van der Waals surface area contributed by atoms with E-state index in [1.165, 1.54) is 6.08 Å². The van der Waals surface area contributed by atoms with Crippen molar-refractivity contribution >= 4 is 34.9 Å². The highest BCUT2D eigenvalue weighted by molar-refractivity contribution is 6.09. The molecule has 0 spiro atoms. The lowest BCUT2D eigenvalue weighted by Crippen LogP contribution is -2.17. The Bertz CT molecular complexity index is 1070. The van der Waals surface area contributed by atoms with Crippen LogP contribution in [-0.4, -0.2) is 40.9 Å². The summed E-state index contributed by atoms with van der Waals surface area (Å²) in [6.45, 7) is 4.69. The van der Waals surface area contributed by atoms with Crippen LogP contribution < -0.4 is 0 Å². The van der Waals surface area contributed by atoms with Crippen molar-refractivity contribution in [3.63, 3.8) is 0 Å². The van der Waals surface area contributed by atoms with Crippen LogP contribution in [0.2, 0.25) is 0 Å². The minimum absolute atomic E-state index is 0.160. The van der Waals surface area contributed by atoms with Gasteiger partial charge in [0.05, 0.1) is 17.7 Å². The third-order valence-corrected chi connectivity index (χ3v) is 4.15. The maximum Gasteiger partial charge on any atom is 0.340 e. The summed E-state index contributed by atoms with van der Waals surface area (Å²) >= 11 is 0. The Morgan fingerprint density at radius 2 is 1.83 bits per heavy atom. The summed E-state index contributed by atoms with van der Waals surface area (Å²) in [5.41, 5.74) is 2.62. The van der Waals surface area contributed by atoms with E-state index in [1.807, 2.05) is 12.1 Å². The van der Waals surface area contributed by atoms with Crippen LogP contribution in [0.3, 0.4) is 0 Å². The highest BCUT2D eigenvalue weighted by atomic mass is 16.5. The molecule has 0 unspecified atom stereocenters. The van der Waals surface area contributed by atoms with E-state index < -0.39 is 24.3 Å². The Morgan fingerprint density at radius 1 is 1.10 bits per heavy atom. The van der Waals surface area contributed by atoms with Crippen LogP contribution in [0.1, 0.15) is 44.9 Å². The van der Waals surface area contributed by atoms with Gasteiger partial charge in [-0.25, -0.2) is 14.6 Å². The number of Topliss-reactive ketones (excluding diaryl/α,β-unsaturated/α-hetero) is 1. The number of oxazole rings is 1. The summed E-state index contributed by atoms with van der Waals surface area (Å²) < 4.78 is 15.5. The number of hydrogen-bond acceptors (Lipinski definition) is 7. The fourth-order valence-corrected chi connectivity index (χ4v) is 2.95. The predicted octanol–water partition coefficient (Wildman–Crippen LogP) is 3.39. The summed E-state index contributed by atoms with van der Waals surface area (Å²) in [7, 11) is 0. The molecule has 0 atom stereocenters. The van der Waals surface area contributed by atoms with Gasteiger partial charge in [-0.3, -0.25) is 4.79 Å². The van der Waals surface area contributed by atoms with Crippen molar-refractivity contribution in [1.29, 1.82) is 0 Å². The van der Waals surface area contributed by atoms with Crippen molar-refractivity contribution in [3.05, 3.63) is 58.7 Å². The number of aromatic amines is 1. The lowest BCUT2D eigenvalue weighted by Gasteiger charge is -2.06. The number of hydrogen-bond donors (Lipinski definition) is 1. The Kier molecular flexibility index (Phi) is 5.92. The van der Waals surface area contributed by atoms with E-state index in [9.17, 15) is 14.4 Å². The summed E-state index contributed by atoms with van der Waals surface area (Å²) in [6.07, 6.45) is 2.49. The summed E-state index contributed by atoms with van der Waals surface area (Å²) in [5.74, 6) is -1.59. The molecule has 29 heavy (non-hydrogen) atoms. The fraction of sp³-hybridized carbons (Fsp3) is 0.238. The lowest BCUT2D eigenvalue weighted by molar-refractivity contribution is -0.136. The number of aromatic nitrogens is 2. The van der Waals surface area contributed by atoms with E-state index in [4.69, 9.17) is 13.9 Å². The van der Waals surface area contributed by atoms with Gasteiger partial charge in [0.15, 0.2) is 12.2 Å². The minimum atomic E-state index is -0.733. The molecule has 1 aromatic carbocycles. The van der Waals surface area contributed by atoms with Gasteiger partial charge in [-0.2, -0.15) is 0 Å². The molecule has 0 saturated heterocycles. The van der Waals surface area contributed by atoms with Gasteiger partial charge in [0.1, 0.15) is 5.52 Å². The van der Waals surface area contributed by atoms with Crippen LogP contribution in [0, 0.1) is 13.8 Å². The summed E-state index contributed by atoms with van der Waals surface area (Å²) in [5, 5.41) is 0. The van der Waals surface area contributed by atoms with E-state index in [-0.39, 0.29) is 23.6 Å². The standard InChI is InChI=1S/C21H20N2O6/c1-4-27-21(26)20-13(3)22-12(2)19(20)15(24)11-28-18(25)10-9-17-23-14-7-5-6-8-16(14)29-17/h5-10,22H,4,11H2,1-3H3/b10-9+. The fourth-order valence-electron chi connectivity index (χ4n) is 2.95. The molecule has 8 heteroatoms. The first-order chi connectivity index (χ1) is 13.9. The van der Waals surface area contributed by atoms with Gasteiger partial charge in [0.25, 0.3) is 0 Å². The van der Waals surface area contributed by atoms with Gasteiger partial charge < -0.3 is 18.9 Å². The molecule has 1 N–H and O–H groups in total. The van der Waals surface area contributed by atoms with Gasteiger partial charge >= 0.3 is 11.9 Å². The second kappa shape index (κ2) is 8.55. The molecule has 150 valence electrons. The van der Waals surface area contributed by atoms with Crippen molar-refractivity contribution in [2.75, 3.05) is 13.2 Å². The van der Waals surface area contributed by atoms with E-state index in [0.29, 0.717) is 22.5 Å². The first-order valence-electron chi connectivity index (χ1n) is 9.00. The van der Waals surface area contributed by atoms with Crippen molar-refractivity contribution in [2.45, 2.75) is 20.8 Å². The SMILES string of the molecule is CCOC(=O)c1c(C)[nH]c(C)c1C(=O)COC(=O)/C=C/c1nc2ccccc2o1. The van der Waals surface area contributed by atoms with Crippen LogP contribution in [0.5, 0.6) is 0 Å². The van der Waals surface area contributed by atoms with Crippen LogP contribution in [0.4, 0.5) is 0 Å². The van der Waals surface area contributed by atoms with Gasteiger partial charge in [0, 0.05) is 23.5 Å². The normalized spacial score (nSPS) is 11.1. The van der Waals surface area contributed by atoms with E-state index in [0.717, 1.165) is 6.08 Å². The second-order valence-corrected chi connectivity index (χ2v) is 6.23. The van der Waals surface area contributed by atoms with Gasteiger partial charge in [0.2, 0.25) is 11.7 Å². The molecule has 0 radical (unpaired) electrons. The monoisotopic (exact) mass is 396 g/mol. The van der Waals surface area contributed by atoms with Crippen LogP contribution >= 0.6 is 0 Å². The zero-order valence-electron chi connectivity index (χ0n) is 16.3. The van der Waals surface area contributed by atoms with Crippen molar-refractivity contribution in [2.24, 2.45) is 0 Å². The third-order valence-electron chi connectivity index (χ3n) is 4.15. The van der Waals surface area contributed by atoms with Crippen molar-refractivity contribution in [1.82, 2.24) is 9.97 Å². The Labute approximate surface area is 166 Å². The van der Waals surface area contributed by atoms with Gasteiger partial charge in [-0.05, 0) is 32.9 Å². The highest BCUT2D eigenvalue weighted by Gasteiger charge is 2.25. The molecular formula is C21H20N2O6.